The summed E-state index contributed by atoms with van der Waals surface area (Å²) in [5.74, 6) is 0.439. The Labute approximate surface area is 116 Å². The number of benzene rings is 1. The summed E-state index contributed by atoms with van der Waals surface area (Å²) in [5.41, 5.74) is 8.81. The molecule has 19 heavy (non-hydrogen) atoms. The van der Waals surface area contributed by atoms with Crippen molar-refractivity contribution in [3.8, 4) is 0 Å². The summed E-state index contributed by atoms with van der Waals surface area (Å²) >= 11 is 1.75. The lowest BCUT2D eigenvalue weighted by atomic mass is 9.98. The molecule has 0 bridgehead atoms. The molecular formula is C15H15N3S. The zero-order valence-electron chi connectivity index (χ0n) is 10.7. The fourth-order valence-corrected chi connectivity index (χ4v) is 3.18. The minimum atomic E-state index is 0.439. The first-order chi connectivity index (χ1) is 9.22. The lowest BCUT2D eigenvalue weighted by molar-refractivity contribution is 0.756. The van der Waals surface area contributed by atoms with Gasteiger partial charge < -0.3 is 5.73 Å². The molecule has 0 aliphatic carbocycles. The Morgan fingerprint density at radius 1 is 1.21 bits per heavy atom. The molecule has 0 radical (unpaired) electrons. The van der Waals surface area contributed by atoms with E-state index < -0.39 is 0 Å². The van der Waals surface area contributed by atoms with Crippen molar-refractivity contribution in [1.82, 2.24) is 9.97 Å². The third-order valence-corrected chi connectivity index (χ3v) is 4.28. The number of nitrogens with zero attached hydrogens (tertiary/aromatic N) is 2. The van der Waals surface area contributed by atoms with E-state index in [4.69, 9.17) is 5.73 Å². The third-order valence-electron chi connectivity index (χ3n) is 3.22. The Morgan fingerprint density at radius 2 is 2.00 bits per heavy atom. The summed E-state index contributed by atoms with van der Waals surface area (Å²) in [6, 6.07) is 10.1. The summed E-state index contributed by atoms with van der Waals surface area (Å²) in [7, 11) is 0. The summed E-state index contributed by atoms with van der Waals surface area (Å²) in [6.07, 6.45) is 4.58. The normalized spacial score (nSPS) is 12.7. The summed E-state index contributed by atoms with van der Waals surface area (Å²) in [4.78, 5) is 8.73. The van der Waals surface area contributed by atoms with Crippen molar-refractivity contribution in [3.05, 3.63) is 53.3 Å². The first-order valence-electron chi connectivity index (χ1n) is 6.27. The monoisotopic (exact) mass is 269 g/mol. The molecule has 3 aromatic rings. The highest BCUT2D eigenvalue weighted by Crippen LogP contribution is 2.26. The topological polar surface area (TPSA) is 51.8 Å². The molecule has 1 atom stereocenters. The average molecular weight is 269 g/mol. The number of fused-ring (bicyclic) bond motifs is 1. The predicted molar refractivity (Wildman–Crippen MR) is 80.4 cm³/mol. The Balaban J connectivity index is 1.82. The van der Waals surface area contributed by atoms with Gasteiger partial charge in [-0.2, -0.15) is 0 Å². The maximum atomic E-state index is 5.71. The SMILES string of the molecule is CC(Cc1nc2cnccc2s1)c1ccc(N)cc1. The number of nitrogens with two attached hydrogens (primary N) is 1. The smallest absolute Gasteiger partial charge is 0.0998 e. The van der Waals surface area contributed by atoms with Crippen molar-refractivity contribution < 1.29 is 0 Å². The van der Waals surface area contributed by atoms with Gasteiger partial charge in [-0.3, -0.25) is 4.98 Å². The van der Waals surface area contributed by atoms with Gasteiger partial charge in [0.25, 0.3) is 0 Å². The minimum absolute atomic E-state index is 0.439. The van der Waals surface area contributed by atoms with E-state index in [9.17, 15) is 0 Å². The molecule has 0 saturated carbocycles. The molecule has 1 aromatic carbocycles. The molecule has 0 aliphatic heterocycles. The molecule has 0 fully saturated rings. The highest BCUT2D eigenvalue weighted by molar-refractivity contribution is 7.18. The van der Waals surface area contributed by atoms with Gasteiger partial charge in [0.1, 0.15) is 0 Å². The number of aromatic nitrogens is 2. The molecule has 0 aliphatic rings. The molecule has 0 saturated heterocycles. The first-order valence-corrected chi connectivity index (χ1v) is 7.09. The third kappa shape index (κ3) is 2.58. The van der Waals surface area contributed by atoms with Crippen LogP contribution in [-0.2, 0) is 6.42 Å². The summed E-state index contributed by atoms with van der Waals surface area (Å²) < 4.78 is 1.20. The first kappa shape index (κ1) is 12.1. The molecule has 0 spiro atoms. The minimum Gasteiger partial charge on any atom is -0.399 e. The van der Waals surface area contributed by atoms with E-state index in [0.29, 0.717) is 5.92 Å². The van der Waals surface area contributed by atoms with Crippen LogP contribution in [0.3, 0.4) is 0 Å². The fourth-order valence-electron chi connectivity index (χ4n) is 2.12. The molecule has 96 valence electrons. The molecule has 4 heteroatoms. The van der Waals surface area contributed by atoms with E-state index in [-0.39, 0.29) is 0 Å². The van der Waals surface area contributed by atoms with Gasteiger partial charge in [-0.15, -0.1) is 11.3 Å². The number of pyridine rings is 1. The lowest BCUT2D eigenvalue weighted by Crippen LogP contribution is -1.98. The molecule has 1 unspecified atom stereocenters. The van der Waals surface area contributed by atoms with Gasteiger partial charge >= 0.3 is 0 Å². The Bertz CT molecular complexity index is 655. The van der Waals surface area contributed by atoms with Gasteiger partial charge in [0.15, 0.2) is 0 Å². The number of hydrogen-bond acceptors (Lipinski definition) is 4. The van der Waals surface area contributed by atoms with Crippen molar-refractivity contribution in [2.75, 3.05) is 5.73 Å². The standard InChI is InChI=1S/C15H15N3S/c1-10(11-2-4-12(16)5-3-11)8-15-18-13-9-17-7-6-14(13)19-15/h2-7,9-10H,8,16H2,1H3. The van der Waals surface area contributed by atoms with E-state index in [1.165, 1.54) is 10.3 Å². The molecule has 2 N–H and O–H groups in total. The maximum Gasteiger partial charge on any atom is 0.0998 e. The predicted octanol–water partition coefficient (Wildman–Crippen LogP) is 3.62. The highest BCUT2D eigenvalue weighted by Gasteiger charge is 2.10. The van der Waals surface area contributed by atoms with Crippen LogP contribution in [0.4, 0.5) is 5.69 Å². The van der Waals surface area contributed by atoms with Crippen LogP contribution in [-0.4, -0.2) is 9.97 Å². The number of thiazole rings is 1. The second kappa shape index (κ2) is 4.97. The molecule has 2 heterocycles. The van der Waals surface area contributed by atoms with Crippen LogP contribution in [0.25, 0.3) is 10.2 Å². The average Bonchev–Trinajstić information content (AvgIpc) is 2.81. The van der Waals surface area contributed by atoms with Gasteiger partial charge in [0.2, 0.25) is 0 Å². The highest BCUT2D eigenvalue weighted by atomic mass is 32.1. The van der Waals surface area contributed by atoms with Crippen LogP contribution < -0.4 is 5.73 Å². The van der Waals surface area contributed by atoms with Crippen LogP contribution in [0, 0.1) is 0 Å². The van der Waals surface area contributed by atoms with Crippen molar-refractivity contribution in [2.24, 2.45) is 0 Å². The second-order valence-electron chi connectivity index (χ2n) is 4.72. The Morgan fingerprint density at radius 3 is 2.74 bits per heavy atom. The molecule has 2 aromatic heterocycles. The van der Waals surface area contributed by atoms with Gasteiger partial charge in [0, 0.05) is 18.3 Å². The van der Waals surface area contributed by atoms with Crippen LogP contribution in [0.5, 0.6) is 0 Å². The van der Waals surface area contributed by atoms with Crippen LogP contribution >= 0.6 is 11.3 Å². The van der Waals surface area contributed by atoms with Gasteiger partial charge in [-0.25, -0.2) is 4.98 Å². The van der Waals surface area contributed by atoms with E-state index in [1.54, 1.807) is 11.3 Å². The Kier molecular flexibility index (Phi) is 3.17. The van der Waals surface area contributed by atoms with Gasteiger partial charge in [0.05, 0.1) is 21.4 Å². The van der Waals surface area contributed by atoms with Crippen LogP contribution in [0.15, 0.2) is 42.7 Å². The molecular weight excluding hydrogens is 254 g/mol. The number of nitrogen functional groups attached to an aromatic ring is 1. The van der Waals surface area contributed by atoms with Crippen molar-refractivity contribution in [1.29, 1.82) is 0 Å². The Hall–Kier alpha value is -1.94. The molecule has 0 amide bonds. The van der Waals surface area contributed by atoms with E-state index in [0.717, 1.165) is 22.6 Å². The maximum absolute atomic E-state index is 5.71. The quantitative estimate of drug-likeness (QED) is 0.739. The fraction of sp³-hybridized carbons (Fsp3) is 0.200. The van der Waals surface area contributed by atoms with E-state index in [1.807, 2.05) is 30.6 Å². The van der Waals surface area contributed by atoms with E-state index in [2.05, 4.69) is 29.0 Å². The van der Waals surface area contributed by atoms with Gasteiger partial charge in [-0.1, -0.05) is 19.1 Å². The van der Waals surface area contributed by atoms with Crippen LogP contribution in [0.2, 0.25) is 0 Å². The van der Waals surface area contributed by atoms with Crippen molar-refractivity contribution >= 4 is 27.2 Å². The lowest BCUT2D eigenvalue weighted by Gasteiger charge is -2.09. The number of anilines is 1. The second-order valence-corrected chi connectivity index (χ2v) is 5.84. The van der Waals surface area contributed by atoms with E-state index >= 15 is 0 Å². The molecule has 3 rings (SSSR count). The molecule has 3 nitrogen and oxygen atoms in total. The number of rotatable bonds is 3. The van der Waals surface area contributed by atoms with Crippen molar-refractivity contribution in [2.45, 2.75) is 19.3 Å². The zero-order valence-corrected chi connectivity index (χ0v) is 11.5. The van der Waals surface area contributed by atoms with Gasteiger partial charge in [-0.05, 0) is 29.7 Å². The van der Waals surface area contributed by atoms with Crippen LogP contribution in [0.1, 0.15) is 23.4 Å². The summed E-state index contributed by atoms with van der Waals surface area (Å²) in [6.45, 7) is 2.22. The number of hydrogen-bond donors (Lipinski definition) is 1. The zero-order chi connectivity index (χ0) is 13.2. The van der Waals surface area contributed by atoms with Crippen molar-refractivity contribution in [3.63, 3.8) is 0 Å². The summed E-state index contributed by atoms with van der Waals surface area (Å²) in [5, 5.41) is 1.16. The largest absolute Gasteiger partial charge is 0.399 e.